The summed E-state index contributed by atoms with van der Waals surface area (Å²) in [5, 5.41) is 0. The van der Waals surface area contributed by atoms with E-state index in [9.17, 15) is 0 Å². The Morgan fingerprint density at radius 1 is 0.840 bits per heavy atom. The molecule has 0 saturated heterocycles. The van der Waals surface area contributed by atoms with Crippen molar-refractivity contribution in [3.8, 4) is 11.1 Å². The van der Waals surface area contributed by atoms with Gasteiger partial charge in [0, 0.05) is 11.4 Å². The van der Waals surface area contributed by atoms with E-state index in [2.05, 4.69) is 31.2 Å². The molecule has 0 radical (unpaired) electrons. The highest BCUT2D eigenvalue weighted by Gasteiger charge is 2.24. The van der Waals surface area contributed by atoms with Crippen LogP contribution >= 0.6 is 0 Å². The molecule has 0 amide bonds. The minimum Gasteiger partial charge on any atom is -0.399 e. The SMILES string of the molecule is CCCCCC1CCC(c2cc(N)ccc2-c2ccc(N)cc2)CC1. The molecule has 25 heavy (non-hydrogen) atoms. The van der Waals surface area contributed by atoms with Crippen molar-refractivity contribution in [3.63, 3.8) is 0 Å². The summed E-state index contributed by atoms with van der Waals surface area (Å²) in [5.74, 6) is 1.57. The molecule has 2 aromatic carbocycles. The van der Waals surface area contributed by atoms with Gasteiger partial charge in [0.1, 0.15) is 0 Å². The van der Waals surface area contributed by atoms with Gasteiger partial charge in [-0.15, -0.1) is 0 Å². The normalized spacial score (nSPS) is 20.5. The molecule has 3 rings (SSSR count). The van der Waals surface area contributed by atoms with Crippen LogP contribution in [0.3, 0.4) is 0 Å². The largest absolute Gasteiger partial charge is 0.399 e. The fraction of sp³-hybridized carbons (Fsp3) is 0.478. The Balaban J connectivity index is 1.74. The van der Waals surface area contributed by atoms with Gasteiger partial charge in [0.15, 0.2) is 0 Å². The van der Waals surface area contributed by atoms with Crippen molar-refractivity contribution < 1.29 is 0 Å². The smallest absolute Gasteiger partial charge is 0.0317 e. The summed E-state index contributed by atoms with van der Waals surface area (Å²) >= 11 is 0. The minimum atomic E-state index is 0.637. The van der Waals surface area contributed by atoms with E-state index in [0.717, 1.165) is 17.3 Å². The molecule has 1 aliphatic carbocycles. The van der Waals surface area contributed by atoms with Crippen molar-refractivity contribution >= 4 is 11.4 Å². The lowest BCUT2D eigenvalue weighted by Crippen LogP contribution is -2.14. The summed E-state index contributed by atoms with van der Waals surface area (Å²) in [5.41, 5.74) is 17.7. The van der Waals surface area contributed by atoms with E-state index in [1.54, 1.807) is 0 Å². The standard InChI is InChI=1S/C23H32N2/c1-2-3-4-5-17-6-8-19(9-7-17)23-16-21(25)14-15-22(23)18-10-12-20(24)13-11-18/h10-17,19H,2-9,24-25H2,1H3. The maximum atomic E-state index is 6.12. The zero-order chi connectivity index (χ0) is 17.6. The van der Waals surface area contributed by atoms with Crippen LogP contribution in [0.4, 0.5) is 11.4 Å². The van der Waals surface area contributed by atoms with E-state index in [1.165, 1.54) is 68.1 Å². The quantitative estimate of drug-likeness (QED) is 0.475. The molecule has 2 heteroatoms. The Kier molecular flexibility index (Phi) is 6.01. The number of nitrogen functional groups attached to an aromatic ring is 2. The number of anilines is 2. The zero-order valence-electron chi connectivity index (χ0n) is 15.5. The number of rotatable bonds is 6. The van der Waals surface area contributed by atoms with E-state index < -0.39 is 0 Å². The van der Waals surface area contributed by atoms with E-state index in [4.69, 9.17) is 11.5 Å². The molecular weight excluding hydrogens is 304 g/mol. The summed E-state index contributed by atoms with van der Waals surface area (Å²) in [6.07, 6.45) is 10.8. The number of hydrogen-bond acceptors (Lipinski definition) is 2. The molecule has 0 heterocycles. The van der Waals surface area contributed by atoms with Crippen molar-refractivity contribution in [1.29, 1.82) is 0 Å². The Bertz CT molecular complexity index is 667. The van der Waals surface area contributed by atoms with Crippen LogP contribution in [0.15, 0.2) is 42.5 Å². The van der Waals surface area contributed by atoms with E-state index in [-0.39, 0.29) is 0 Å². The summed E-state index contributed by atoms with van der Waals surface area (Å²) in [7, 11) is 0. The van der Waals surface area contributed by atoms with Gasteiger partial charge in [0.05, 0.1) is 0 Å². The second-order valence-corrected chi connectivity index (χ2v) is 7.68. The Labute approximate surface area is 152 Å². The van der Waals surface area contributed by atoms with Crippen LogP contribution in [0.25, 0.3) is 11.1 Å². The highest BCUT2D eigenvalue weighted by atomic mass is 14.5. The van der Waals surface area contributed by atoms with Crippen molar-refractivity contribution in [1.82, 2.24) is 0 Å². The summed E-state index contributed by atoms with van der Waals surface area (Å²) in [6.45, 7) is 2.29. The molecule has 1 saturated carbocycles. The fourth-order valence-corrected chi connectivity index (χ4v) is 4.29. The third-order valence-electron chi connectivity index (χ3n) is 5.80. The first-order chi connectivity index (χ1) is 12.2. The Morgan fingerprint density at radius 3 is 2.20 bits per heavy atom. The first kappa shape index (κ1) is 17.8. The van der Waals surface area contributed by atoms with E-state index in [1.807, 2.05) is 18.2 Å². The molecule has 2 nitrogen and oxygen atoms in total. The molecule has 0 atom stereocenters. The topological polar surface area (TPSA) is 52.0 Å². The summed E-state index contributed by atoms with van der Waals surface area (Å²) in [6, 6.07) is 14.6. The van der Waals surface area contributed by atoms with E-state index in [0.29, 0.717) is 5.92 Å². The molecule has 0 bridgehead atoms. The van der Waals surface area contributed by atoms with Crippen LogP contribution in [0, 0.1) is 5.92 Å². The van der Waals surface area contributed by atoms with Gasteiger partial charge in [-0.1, -0.05) is 50.8 Å². The lowest BCUT2D eigenvalue weighted by Gasteiger charge is -2.30. The maximum Gasteiger partial charge on any atom is 0.0317 e. The van der Waals surface area contributed by atoms with Crippen LogP contribution in [0.1, 0.15) is 69.8 Å². The van der Waals surface area contributed by atoms with Gasteiger partial charge in [-0.25, -0.2) is 0 Å². The van der Waals surface area contributed by atoms with Crippen LogP contribution in [-0.2, 0) is 0 Å². The minimum absolute atomic E-state index is 0.637. The average Bonchev–Trinajstić information content (AvgIpc) is 2.63. The van der Waals surface area contributed by atoms with Gasteiger partial charge >= 0.3 is 0 Å². The molecule has 4 N–H and O–H groups in total. The number of unbranched alkanes of at least 4 members (excludes halogenated alkanes) is 2. The van der Waals surface area contributed by atoms with Gasteiger partial charge in [0.25, 0.3) is 0 Å². The predicted molar refractivity (Wildman–Crippen MR) is 110 cm³/mol. The number of benzene rings is 2. The second kappa shape index (κ2) is 8.42. The van der Waals surface area contributed by atoms with Crippen LogP contribution in [0.2, 0.25) is 0 Å². The molecule has 134 valence electrons. The lowest BCUT2D eigenvalue weighted by atomic mass is 9.75. The molecule has 0 aromatic heterocycles. The van der Waals surface area contributed by atoms with Gasteiger partial charge in [-0.3, -0.25) is 0 Å². The van der Waals surface area contributed by atoms with Crippen LogP contribution in [0.5, 0.6) is 0 Å². The van der Waals surface area contributed by atoms with Crippen LogP contribution < -0.4 is 11.5 Å². The molecular formula is C23H32N2. The van der Waals surface area contributed by atoms with Crippen molar-refractivity contribution in [2.24, 2.45) is 5.92 Å². The third kappa shape index (κ3) is 4.56. The molecule has 0 unspecified atom stereocenters. The van der Waals surface area contributed by atoms with Gasteiger partial charge in [-0.2, -0.15) is 0 Å². The Hall–Kier alpha value is -1.96. The van der Waals surface area contributed by atoms with E-state index >= 15 is 0 Å². The molecule has 0 aliphatic heterocycles. The molecule has 2 aromatic rings. The number of nitrogens with two attached hydrogens (primary N) is 2. The van der Waals surface area contributed by atoms with Crippen molar-refractivity contribution in [3.05, 3.63) is 48.0 Å². The third-order valence-corrected chi connectivity index (χ3v) is 5.80. The number of hydrogen-bond donors (Lipinski definition) is 2. The summed E-state index contributed by atoms with van der Waals surface area (Å²) < 4.78 is 0. The highest BCUT2D eigenvalue weighted by molar-refractivity contribution is 5.71. The van der Waals surface area contributed by atoms with Crippen LogP contribution in [-0.4, -0.2) is 0 Å². The molecule has 0 spiro atoms. The van der Waals surface area contributed by atoms with Gasteiger partial charge in [0.2, 0.25) is 0 Å². The van der Waals surface area contributed by atoms with Gasteiger partial charge in [-0.05, 0) is 78.5 Å². The Morgan fingerprint density at radius 2 is 1.52 bits per heavy atom. The first-order valence-corrected chi connectivity index (χ1v) is 9.92. The predicted octanol–water partition coefficient (Wildman–Crippen LogP) is 6.37. The second-order valence-electron chi connectivity index (χ2n) is 7.68. The average molecular weight is 337 g/mol. The van der Waals surface area contributed by atoms with Crippen molar-refractivity contribution in [2.75, 3.05) is 11.5 Å². The monoisotopic (exact) mass is 336 g/mol. The highest BCUT2D eigenvalue weighted by Crippen LogP contribution is 2.42. The first-order valence-electron chi connectivity index (χ1n) is 9.92. The zero-order valence-corrected chi connectivity index (χ0v) is 15.5. The van der Waals surface area contributed by atoms with Crippen molar-refractivity contribution in [2.45, 2.75) is 64.2 Å². The fourth-order valence-electron chi connectivity index (χ4n) is 4.29. The van der Waals surface area contributed by atoms with Gasteiger partial charge < -0.3 is 11.5 Å². The molecule has 1 aliphatic rings. The summed E-state index contributed by atoms with van der Waals surface area (Å²) in [4.78, 5) is 0. The maximum absolute atomic E-state index is 6.12. The lowest BCUT2D eigenvalue weighted by molar-refractivity contribution is 0.303. The molecule has 1 fully saturated rings.